The van der Waals surface area contributed by atoms with E-state index in [1.165, 1.54) is 24.4 Å². The average molecular weight is 448 g/mol. The monoisotopic (exact) mass is 448 g/mol. The van der Waals surface area contributed by atoms with Crippen LogP contribution in [0.3, 0.4) is 0 Å². The molecular formula is C20H18F6N2O3. The summed E-state index contributed by atoms with van der Waals surface area (Å²) in [5.41, 5.74) is -5.28. The Morgan fingerprint density at radius 1 is 0.935 bits per heavy atom. The molecule has 0 aliphatic rings. The van der Waals surface area contributed by atoms with Gasteiger partial charge in [-0.3, -0.25) is 10.1 Å². The van der Waals surface area contributed by atoms with Crippen LogP contribution in [0.2, 0.25) is 0 Å². The van der Waals surface area contributed by atoms with Gasteiger partial charge in [0.05, 0.1) is 12.2 Å². The van der Waals surface area contributed by atoms with Gasteiger partial charge in [0.15, 0.2) is 0 Å². The zero-order valence-corrected chi connectivity index (χ0v) is 16.1. The molecule has 0 aromatic heterocycles. The first-order chi connectivity index (χ1) is 14.4. The van der Waals surface area contributed by atoms with E-state index in [0.717, 1.165) is 12.1 Å². The maximum Gasteiger partial charge on any atom is 0.436 e. The van der Waals surface area contributed by atoms with Gasteiger partial charge >= 0.3 is 18.3 Å². The number of hydrogen-bond donors (Lipinski definition) is 2. The van der Waals surface area contributed by atoms with Crippen molar-refractivity contribution in [3.63, 3.8) is 0 Å². The predicted octanol–water partition coefficient (Wildman–Crippen LogP) is 4.05. The number of benzene rings is 2. The van der Waals surface area contributed by atoms with E-state index in [1.54, 1.807) is 18.2 Å². The number of hydrogen-bond acceptors (Lipinski definition) is 4. The summed E-state index contributed by atoms with van der Waals surface area (Å²) < 4.78 is 85.3. The number of halogens is 6. The molecule has 2 aromatic rings. The fraction of sp³-hybridized carbons (Fsp3) is 0.300. The summed E-state index contributed by atoms with van der Waals surface area (Å²) in [4.78, 5) is 24.8. The average Bonchev–Trinajstić information content (AvgIpc) is 2.70. The lowest BCUT2D eigenvalue weighted by Crippen LogP contribution is -2.72. The molecule has 0 saturated carbocycles. The van der Waals surface area contributed by atoms with E-state index in [0.29, 0.717) is 17.7 Å². The Kier molecular flexibility index (Phi) is 7.32. The maximum absolute atomic E-state index is 14.0. The highest BCUT2D eigenvalue weighted by atomic mass is 19.4. The third-order valence-electron chi connectivity index (χ3n) is 4.16. The van der Waals surface area contributed by atoms with Crippen LogP contribution in [-0.2, 0) is 22.3 Å². The summed E-state index contributed by atoms with van der Waals surface area (Å²) in [6.07, 6.45) is -10.2. The molecule has 168 valence electrons. The first-order valence-corrected chi connectivity index (χ1v) is 8.93. The lowest BCUT2D eigenvalue weighted by Gasteiger charge is -2.35. The molecule has 0 saturated heterocycles. The van der Waals surface area contributed by atoms with Crippen LogP contribution in [0.1, 0.15) is 28.4 Å². The van der Waals surface area contributed by atoms with Gasteiger partial charge in [0.1, 0.15) is 0 Å². The van der Waals surface area contributed by atoms with Crippen molar-refractivity contribution in [3.8, 4) is 0 Å². The number of ether oxygens (including phenoxy) is 1. The van der Waals surface area contributed by atoms with Crippen molar-refractivity contribution in [2.75, 3.05) is 6.61 Å². The van der Waals surface area contributed by atoms with Gasteiger partial charge in [0.25, 0.3) is 11.6 Å². The molecule has 0 bridgehead atoms. The summed E-state index contributed by atoms with van der Waals surface area (Å²) in [6, 6.07) is 10.5. The zero-order chi connectivity index (χ0) is 23.3. The van der Waals surface area contributed by atoms with Gasteiger partial charge in [-0.25, -0.2) is 4.79 Å². The quantitative estimate of drug-likeness (QED) is 0.381. The van der Waals surface area contributed by atoms with E-state index in [9.17, 15) is 35.9 Å². The van der Waals surface area contributed by atoms with E-state index in [2.05, 4.69) is 4.74 Å². The number of carbonyl (C=O) groups excluding carboxylic acids is 2. The Labute approximate surface area is 173 Å². The number of rotatable bonds is 7. The van der Waals surface area contributed by atoms with Crippen molar-refractivity contribution >= 4 is 11.9 Å². The summed E-state index contributed by atoms with van der Waals surface area (Å²) in [7, 11) is 0. The second-order valence-electron chi connectivity index (χ2n) is 6.34. The van der Waals surface area contributed by atoms with Crippen LogP contribution in [0.15, 0.2) is 54.6 Å². The molecular weight excluding hydrogens is 430 g/mol. The van der Waals surface area contributed by atoms with Crippen LogP contribution < -0.4 is 10.6 Å². The Morgan fingerprint density at radius 3 is 2.13 bits per heavy atom. The largest absolute Gasteiger partial charge is 0.463 e. The SMILES string of the molecule is CCOC(=O)[C@](NCc1ccccc1)(NC(=O)c1cccc(C(F)(F)F)c1)C(F)(F)F. The van der Waals surface area contributed by atoms with Gasteiger partial charge in [0.2, 0.25) is 0 Å². The summed E-state index contributed by atoms with van der Waals surface area (Å²) in [5.74, 6) is -3.39. The van der Waals surface area contributed by atoms with Crippen LogP contribution in [0.5, 0.6) is 0 Å². The molecule has 2 N–H and O–H groups in total. The highest BCUT2D eigenvalue weighted by Gasteiger charge is 2.63. The first-order valence-electron chi connectivity index (χ1n) is 8.93. The van der Waals surface area contributed by atoms with Crippen LogP contribution in [0, 0.1) is 0 Å². The standard InChI is InChI=1S/C20H18F6N2O3/c1-2-31-17(30)18(20(24,25)26,27-12-13-7-4-3-5-8-13)28-16(29)14-9-6-10-15(11-14)19(21,22)23/h3-11,27H,2,12H2,1H3,(H,28,29)/t18-/m0/s1. The van der Waals surface area contributed by atoms with Crippen LogP contribution >= 0.6 is 0 Å². The molecule has 11 heteroatoms. The third kappa shape index (κ3) is 5.75. The van der Waals surface area contributed by atoms with E-state index >= 15 is 0 Å². The molecule has 2 aromatic carbocycles. The number of alkyl halides is 6. The second-order valence-corrected chi connectivity index (χ2v) is 6.34. The van der Waals surface area contributed by atoms with Crippen molar-refractivity contribution < 1.29 is 40.7 Å². The highest BCUT2D eigenvalue weighted by molar-refractivity contribution is 5.98. The van der Waals surface area contributed by atoms with E-state index in [1.807, 2.05) is 5.32 Å². The molecule has 0 radical (unpaired) electrons. The molecule has 0 unspecified atom stereocenters. The molecule has 0 heterocycles. The second kappa shape index (κ2) is 9.38. The minimum atomic E-state index is -5.38. The van der Waals surface area contributed by atoms with Gasteiger partial charge in [-0.1, -0.05) is 36.4 Å². The lowest BCUT2D eigenvalue weighted by atomic mass is 10.1. The Hall–Kier alpha value is -3.08. The lowest BCUT2D eigenvalue weighted by molar-refractivity contribution is -0.219. The van der Waals surface area contributed by atoms with E-state index in [4.69, 9.17) is 0 Å². The molecule has 0 fully saturated rings. The van der Waals surface area contributed by atoms with Gasteiger partial charge < -0.3 is 10.1 Å². The molecule has 31 heavy (non-hydrogen) atoms. The topological polar surface area (TPSA) is 67.4 Å². The molecule has 1 amide bonds. The van der Waals surface area contributed by atoms with Gasteiger partial charge in [-0.2, -0.15) is 26.3 Å². The summed E-state index contributed by atoms with van der Waals surface area (Å²) in [6.45, 7) is 0.343. The minimum absolute atomic E-state index is 0.355. The summed E-state index contributed by atoms with van der Waals surface area (Å²) >= 11 is 0. The number of esters is 1. The van der Waals surface area contributed by atoms with Crippen molar-refractivity contribution in [1.29, 1.82) is 0 Å². The molecule has 1 atom stereocenters. The van der Waals surface area contributed by atoms with Gasteiger partial charge in [-0.05, 0) is 30.7 Å². The molecule has 2 rings (SSSR count). The maximum atomic E-state index is 14.0. The molecule has 0 aliphatic carbocycles. The molecule has 5 nitrogen and oxygen atoms in total. The van der Waals surface area contributed by atoms with Crippen LogP contribution in [0.4, 0.5) is 26.3 Å². The number of nitrogens with one attached hydrogen (secondary N) is 2. The number of carbonyl (C=O) groups is 2. The Bertz CT molecular complexity index is 915. The first kappa shape index (κ1) is 24.2. The normalized spacial score (nSPS) is 13.9. The van der Waals surface area contributed by atoms with Crippen molar-refractivity contribution in [3.05, 3.63) is 71.3 Å². The molecule has 0 aliphatic heterocycles. The van der Waals surface area contributed by atoms with Crippen LogP contribution in [0.25, 0.3) is 0 Å². The zero-order valence-electron chi connectivity index (χ0n) is 16.1. The minimum Gasteiger partial charge on any atom is -0.463 e. The van der Waals surface area contributed by atoms with E-state index in [-0.39, 0.29) is 0 Å². The molecule has 0 spiro atoms. The fourth-order valence-electron chi connectivity index (χ4n) is 2.60. The van der Waals surface area contributed by atoms with Gasteiger partial charge in [-0.15, -0.1) is 0 Å². The smallest absolute Gasteiger partial charge is 0.436 e. The summed E-state index contributed by atoms with van der Waals surface area (Å²) in [5, 5.41) is 3.47. The third-order valence-corrected chi connectivity index (χ3v) is 4.16. The van der Waals surface area contributed by atoms with Crippen molar-refractivity contribution in [2.24, 2.45) is 0 Å². The number of amides is 1. The fourth-order valence-corrected chi connectivity index (χ4v) is 2.60. The van der Waals surface area contributed by atoms with Gasteiger partial charge in [0, 0.05) is 12.1 Å². The Balaban J connectivity index is 2.43. The van der Waals surface area contributed by atoms with Crippen LogP contribution in [-0.4, -0.2) is 30.3 Å². The van der Waals surface area contributed by atoms with E-state index < -0.39 is 54.2 Å². The van der Waals surface area contributed by atoms with Crippen molar-refractivity contribution in [2.45, 2.75) is 31.5 Å². The van der Waals surface area contributed by atoms with Crippen molar-refractivity contribution in [1.82, 2.24) is 10.6 Å². The Morgan fingerprint density at radius 2 is 1.58 bits per heavy atom. The highest BCUT2D eigenvalue weighted by Crippen LogP contribution is 2.32. The predicted molar refractivity (Wildman–Crippen MR) is 97.6 cm³/mol.